The Labute approximate surface area is 158 Å². The van der Waals surface area contributed by atoms with E-state index in [1.807, 2.05) is 32.0 Å². The van der Waals surface area contributed by atoms with Gasteiger partial charge in [-0.3, -0.25) is 15.1 Å². The van der Waals surface area contributed by atoms with Crippen molar-refractivity contribution < 1.29 is 4.79 Å². The lowest BCUT2D eigenvalue weighted by molar-refractivity contribution is 0.101. The van der Waals surface area contributed by atoms with Crippen molar-refractivity contribution in [2.24, 2.45) is 0 Å². The molecule has 1 amide bonds. The average Bonchev–Trinajstić information content (AvgIpc) is 3.29. The molecule has 0 atom stereocenters. The molecular formula is C17H14N8OS. The second-order valence-corrected chi connectivity index (χ2v) is 6.87. The molecule has 0 aliphatic carbocycles. The Balaban J connectivity index is 1.60. The van der Waals surface area contributed by atoms with Gasteiger partial charge in [-0.05, 0) is 26.0 Å². The molecule has 0 aliphatic heterocycles. The average molecular weight is 378 g/mol. The van der Waals surface area contributed by atoms with Gasteiger partial charge in [0.05, 0.1) is 24.3 Å². The summed E-state index contributed by atoms with van der Waals surface area (Å²) in [7, 11) is 0. The molecule has 0 fully saturated rings. The summed E-state index contributed by atoms with van der Waals surface area (Å²) in [5, 5.41) is 11.0. The Morgan fingerprint density at radius 1 is 1.11 bits per heavy atom. The van der Waals surface area contributed by atoms with Crippen LogP contribution >= 0.6 is 11.3 Å². The molecule has 0 bridgehead atoms. The van der Waals surface area contributed by atoms with E-state index in [1.165, 1.54) is 28.5 Å². The third kappa shape index (κ3) is 3.42. The normalized spacial score (nSPS) is 10.7. The largest absolute Gasteiger partial charge is 0.296 e. The summed E-state index contributed by atoms with van der Waals surface area (Å²) in [5.41, 5.74) is 3.23. The maximum Gasteiger partial charge on any atom is 0.277 e. The lowest BCUT2D eigenvalue weighted by Gasteiger charge is -2.04. The maximum atomic E-state index is 12.7. The lowest BCUT2D eigenvalue weighted by Crippen LogP contribution is -2.17. The van der Waals surface area contributed by atoms with Gasteiger partial charge in [0.25, 0.3) is 5.91 Å². The zero-order valence-corrected chi connectivity index (χ0v) is 15.3. The zero-order valence-electron chi connectivity index (χ0n) is 14.5. The van der Waals surface area contributed by atoms with Crippen molar-refractivity contribution >= 4 is 22.4 Å². The first kappa shape index (κ1) is 16.9. The van der Waals surface area contributed by atoms with E-state index in [4.69, 9.17) is 0 Å². The van der Waals surface area contributed by atoms with Gasteiger partial charge in [0.15, 0.2) is 10.8 Å². The minimum absolute atomic E-state index is 0.257. The fraction of sp³-hybridized carbons (Fsp3) is 0.118. The van der Waals surface area contributed by atoms with Gasteiger partial charge in [-0.2, -0.15) is 0 Å². The summed E-state index contributed by atoms with van der Waals surface area (Å²) in [6.07, 6.45) is 5.88. The van der Waals surface area contributed by atoms with Crippen molar-refractivity contribution in [2.45, 2.75) is 13.8 Å². The summed E-state index contributed by atoms with van der Waals surface area (Å²) in [6, 6.07) is 5.76. The minimum Gasteiger partial charge on any atom is -0.296 e. The van der Waals surface area contributed by atoms with Crippen LogP contribution in [-0.2, 0) is 0 Å². The third-order valence-corrected chi connectivity index (χ3v) is 4.61. The highest BCUT2D eigenvalue weighted by Gasteiger charge is 2.18. The number of aryl methyl sites for hydroxylation is 2. The Morgan fingerprint density at radius 3 is 2.70 bits per heavy atom. The number of anilines is 1. The molecule has 0 saturated carbocycles. The van der Waals surface area contributed by atoms with Crippen LogP contribution in [0.4, 0.5) is 5.13 Å². The number of hydrogen-bond acceptors (Lipinski definition) is 8. The van der Waals surface area contributed by atoms with Crippen molar-refractivity contribution in [3.8, 4) is 17.1 Å². The van der Waals surface area contributed by atoms with Crippen LogP contribution in [-0.4, -0.2) is 40.8 Å². The van der Waals surface area contributed by atoms with Gasteiger partial charge in [0.2, 0.25) is 0 Å². The molecule has 0 aliphatic rings. The Bertz CT molecular complexity index is 1110. The molecule has 4 heterocycles. The molecule has 10 heteroatoms. The van der Waals surface area contributed by atoms with E-state index < -0.39 is 0 Å². The highest BCUT2D eigenvalue weighted by molar-refractivity contribution is 7.16. The van der Waals surface area contributed by atoms with Crippen molar-refractivity contribution in [1.29, 1.82) is 0 Å². The van der Waals surface area contributed by atoms with E-state index >= 15 is 0 Å². The topological polar surface area (TPSA) is 111 Å². The number of hydrogen-bond donors (Lipinski definition) is 1. The molecule has 0 spiro atoms. The number of thiazole rings is 1. The SMILES string of the molecule is Cc1cccc(-c2nc(NC(=O)c3cnnn3-c3cncnc3)sc2C)n1. The maximum absolute atomic E-state index is 12.7. The first-order chi connectivity index (χ1) is 13.1. The minimum atomic E-state index is -0.374. The van der Waals surface area contributed by atoms with Gasteiger partial charge in [0.1, 0.15) is 17.7 Å². The number of pyridine rings is 1. The van der Waals surface area contributed by atoms with Gasteiger partial charge >= 0.3 is 0 Å². The van der Waals surface area contributed by atoms with E-state index in [1.54, 1.807) is 12.4 Å². The third-order valence-electron chi connectivity index (χ3n) is 3.72. The zero-order chi connectivity index (χ0) is 18.8. The monoisotopic (exact) mass is 378 g/mol. The molecule has 4 rings (SSSR count). The van der Waals surface area contributed by atoms with Gasteiger partial charge in [-0.15, -0.1) is 16.4 Å². The fourth-order valence-corrected chi connectivity index (χ4v) is 3.32. The molecule has 4 aromatic heterocycles. The number of nitrogens with zero attached hydrogens (tertiary/aromatic N) is 7. The van der Waals surface area contributed by atoms with Crippen LogP contribution in [0.15, 0.2) is 43.1 Å². The summed E-state index contributed by atoms with van der Waals surface area (Å²) in [4.78, 5) is 30.5. The van der Waals surface area contributed by atoms with Crippen LogP contribution in [0, 0.1) is 13.8 Å². The molecule has 0 aromatic carbocycles. The summed E-state index contributed by atoms with van der Waals surface area (Å²) in [5.74, 6) is -0.374. The molecule has 134 valence electrons. The molecule has 4 aromatic rings. The number of carbonyl (C=O) groups excluding carboxylic acids is 1. The molecule has 9 nitrogen and oxygen atoms in total. The second kappa shape index (κ2) is 7.00. The predicted octanol–water partition coefficient (Wildman–Crippen LogP) is 2.44. The lowest BCUT2D eigenvalue weighted by atomic mass is 10.2. The fourth-order valence-electron chi connectivity index (χ4n) is 2.50. The molecule has 27 heavy (non-hydrogen) atoms. The van der Waals surface area contributed by atoms with Gasteiger partial charge < -0.3 is 0 Å². The van der Waals surface area contributed by atoms with Gasteiger partial charge in [-0.1, -0.05) is 11.3 Å². The molecule has 0 unspecified atom stereocenters. The summed E-state index contributed by atoms with van der Waals surface area (Å²) in [6.45, 7) is 3.87. The Morgan fingerprint density at radius 2 is 1.93 bits per heavy atom. The van der Waals surface area contributed by atoms with Crippen LogP contribution in [0.1, 0.15) is 21.1 Å². The number of aromatic nitrogens is 7. The number of carbonyl (C=O) groups is 1. The highest BCUT2D eigenvalue weighted by Crippen LogP contribution is 2.29. The quantitative estimate of drug-likeness (QED) is 0.580. The van der Waals surface area contributed by atoms with Crippen LogP contribution in [0.2, 0.25) is 0 Å². The van der Waals surface area contributed by atoms with Crippen molar-refractivity contribution in [3.63, 3.8) is 0 Å². The molecular weight excluding hydrogens is 364 g/mol. The number of amides is 1. The van der Waals surface area contributed by atoms with Crippen molar-refractivity contribution in [2.75, 3.05) is 5.32 Å². The van der Waals surface area contributed by atoms with E-state index in [2.05, 4.69) is 35.6 Å². The van der Waals surface area contributed by atoms with Gasteiger partial charge in [0, 0.05) is 10.6 Å². The predicted molar refractivity (Wildman–Crippen MR) is 99.7 cm³/mol. The highest BCUT2D eigenvalue weighted by atomic mass is 32.1. The van der Waals surface area contributed by atoms with E-state index in [0.29, 0.717) is 10.8 Å². The first-order valence-electron chi connectivity index (χ1n) is 8.01. The van der Waals surface area contributed by atoms with E-state index in [9.17, 15) is 4.79 Å². The summed E-state index contributed by atoms with van der Waals surface area (Å²) < 4.78 is 1.37. The standard InChI is InChI=1S/C17H14N8OS/c1-10-4-3-5-13(21-10)15-11(2)27-17(22-15)23-16(26)14-8-20-24-25(14)12-6-18-9-19-7-12/h3-9H,1-2H3,(H,22,23,26). The molecule has 0 radical (unpaired) electrons. The second-order valence-electron chi connectivity index (χ2n) is 5.67. The van der Waals surface area contributed by atoms with E-state index in [0.717, 1.165) is 22.0 Å². The first-order valence-corrected chi connectivity index (χ1v) is 8.82. The van der Waals surface area contributed by atoms with Crippen LogP contribution in [0.25, 0.3) is 17.1 Å². The van der Waals surface area contributed by atoms with Crippen molar-refractivity contribution in [1.82, 2.24) is 34.9 Å². The Kier molecular flexibility index (Phi) is 4.38. The van der Waals surface area contributed by atoms with Crippen LogP contribution in [0.5, 0.6) is 0 Å². The summed E-state index contributed by atoms with van der Waals surface area (Å²) >= 11 is 1.38. The molecule has 0 saturated heterocycles. The van der Waals surface area contributed by atoms with Crippen LogP contribution in [0.3, 0.4) is 0 Å². The molecule has 1 N–H and O–H groups in total. The van der Waals surface area contributed by atoms with Gasteiger partial charge in [-0.25, -0.2) is 19.6 Å². The Hall–Kier alpha value is -3.53. The van der Waals surface area contributed by atoms with E-state index in [-0.39, 0.29) is 11.6 Å². The van der Waals surface area contributed by atoms with Crippen LogP contribution < -0.4 is 5.32 Å². The van der Waals surface area contributed by atoms with Crippen molar-refractivity contribution in [3.05, 3.63) is 59.4 Å². The number of rotatable bonds is 4. The number of nitrogens with one attached hydrogen (secondary N) is 1. The smallest absolute Gasteiger partial charge is 0.277 e.